The van der Waals surface area contributed by atoms with Crippen LogP contribution in [0.15, 0.2) is 53.3 Å². The molecule has 5 heteroatoms. The van der Waals surface area contributed by atoms with E-state index >= 15 is 0 Å². The third-order valence-corrected chi connectivity index (χ3v) is 6.46. The zero-order valence-corrected chi connectivity index (χ0v) is 16.2. The summed E-state index contributed by atoms with van der Waals surface area (Å²) in [5.41, 5.74) is 0.748. The van der Waals surface area contributed by atoms with Crippen LogP contribution in [-0.4, -0.2) is 33.5 Å². The van der Waals surface area contributed by atoms with E-state index in [0.29, 0.717) is 18.5 Å². The first-order chi connectivity index (χ1) is 12.6. The SMILES string of the molecule is O=C(c1ccc(Br)nc1)N1CC[C@@](O)(c2ccccc2)[C@@H]2CCCCC21. The first-order valence-corrected chi connectivity index (χ1v) is 10.1. The summed E-state index contributed by atoms with van der Waals surface area (Å²) in [5, 5.41) is 11.6. The van der Waals surface area contributed by atoms with Crippen molar-refractivity contribution in [1.82, 2.24) is 9.88 Å². The van der Waals surface area contributed by atoms with Crippen molar-refractivity contribution in [3.8, 4) is 0 Å². The van der Waals surface area contributed by atoms with Gasteiger partial charge in [0, 0.05) is 24.7 Å². The Bertz CT molecular complexity index is 780. The Kier molecular flexibility index (Phi) is 4.84. The largest absolute Gasteiger partial charge is 0.385 e. The van der Waals surface area contributed by atoms with Crippen LogP contribution >= 0.6 is 15.9 Å². The van der Waals surface area contributed by atoms with Crippen LogP contribution in [0.5, 0.6) is 0 Å². The number of hydrogen-bond donors (Lipinski definition) is 1. The van der Waals surface area contributed by atoms with Crippen LogP contribution in [-0.2, 0) is 5.60 Å². The Morgan fingerprint density at radius 3 is 2.65 bits per heavy atom. The van der Waals surface area contributed by atoms with E-state index in [1.807, 2.05) is 41.3 Å². The number of pyridine rings is 1. The first-order valence-electron chi connectivity index (χ1n) is 9.30. The van der Waals surface area contributed by atoms with E-state index in [-0.39, 0.29) is 17.9 Å². The fourth-order valence-corrected chi connectivity index (χ4v) is 4.92. The molecule has 1 amide bonds. The van der Waals surface area contributed by atoms with Gasteiger partial charge in [-0.1, -0.05) is 43.2 Å². The Labute approximate surface area is 162 Å². The van der Waals surface area contributed by atoms with Gasteiger partial charge in [-0.3, -0.25) is 4.79 Å². The van der Waals surface area contributed by atoms with Gasteiger partial charge in [0.2, 0.25) is 0 Å². The quantitative estimate of drug-likeness (QED) is 0.751. The number of fused-ring (bicyclic) bond motifs is 1. The Morgan fingerprint density at radius 1 is 1.15 bits per heavy atom. The zero-order chi connectivity index (χ0) is 18.1. The van der Waals surface area contributed by atoms with Crippen LogP contribution in [0.1, 0.15) is 48.0 Å². The molecule has 1 aliphatic heterocycles. The van der Waals surface area contributed by atoms with E-state index in [4.69, 9.17) is 0 Å². The molecule has 3 atom stereocenters. The molecule has 1 unspecified atom stereocenters. The minimum Gasteiger partial charge on any atom is -0.385 e. The van der Waals surface area contributed by atoms with E-state index in [2.05, 4.69) is 20.9 Å². The molecule has 136 valence electrons. The van der Waals surface area contributed by atoms with Gasteiger partial charge < -0.3 is 10.0 Å². The number of hydrogen-bond acceptors (Lipinski definition) is 3. The molecule has 0 radical (unpaired) electrons. The summed E-state index contributed by atoms with van der Waals surface area (Å²) in [6.07, 6.45) is 6.33. The lowest BCUT2D eigenvalue weighted by atomic mass is 9.66. The van der Waals surface area contributed by atoms with Crippen LogP contribution in [0.4, 0.5) is 0 Å². The van der Waals surface area contributed by atoms with E-state index in [9.17, 15) is 9.90 Å². The van der Waals surface area contributed by atoms with Gasteiger partial charge in [-0.15, -0.1) is 0 Å². The minimum absolute atomic E-state index is 0.0250. The summed E-state index contributed by atoms with van der Waals surface area (Å²) in [6, 6.07) is 13.7. The monoisotopic (exact) mass is 414 g/mol. The van der Waals surface area contributed by atoms with E-state index < -0.39 is 5.60 Å². The maximum Gasteiger partial charge on any atom is 0.255 e. The molecule has 2 fully saturated rings. The van der Waals surface area contributed by atoms with Crippen molar-refractivity contribution in [2.45, 2.75) is 43.7 Å². The molecule has 2 aromatic rings. The predicted octanol–water partition coefficient (Wildman–Crippen LogP) is 4.14. The molecule has 4 nitrogen and oxygen atoms in total. The van der Waals surface area contributed by atoms with Crippen molar-refractivity contribution in [3.63, 3.8) is 0 Å². The van der Waals surface area contributed by atoms with Gasteiger partial charge in [-0.2, -0.15) is 0 Å². The molecule has 1 aromatic heterocycles. The Morgan fingerprint density at radius 2 is 1.92 bits per heavy atom. The number of piperidine rings is 1. The van der Waals surface area contributed by atoms with Crippen molar-refractivity contribution in [1.29, 1.82) is 0 Å². The fraction of sp³-hybridized carbons (Fsp3) is 0.429. The lowest BCUT2D eigenvalue weighted by Gasteiger charge is -2.52. The van der Waals surface area contributed by atoms with Gasteiger partial charge in [0.25, 0.3) is 5.91 Å². The van der Waals surface area contributed by atoms with Gasteiger partial charge in [0.1, 0.15) is 4.60 Å². The second-order valence-electron chi connectivity index (χ2n) is 7.37. The molecular formula is C21H23BrN2O2. The second kappa shape index (κ2) is 7.12. The van der Waals surface area contributed by atoms with Crippen LogP contribution in [0.25, 0.3) is 0 Å². The summed E-state index contributed by atoms with van der Waals surface area (Å²) in [7, 11) is 0. The molecule has 26 heavy (non-hydrogen) atoms. The molecule has 2 heterocycles. The summed E-state index contributed by atoms with van der Waals surface area (Å²) >= 11 is 3.32. The molecule has 2 aliphatic rings. The highest BCUT2D eigenvalue weighted by molar-refractivity contribution is 9.10. The number of carbonyl (C=O) groups is 1. The number of likely N-dealkylation sites (tertiary alicyclic amines) is 1. The van der Waals surface area contributed by atoms with Gasteiger partial charge in [-0.05, 0) is 52.9 Å². The smallest absolute Gasteiger partial charge is 0.255 e. The highest BCUT2D eigenvalue weighted by atomic mass is 79.9. The molecule has 4 rings (SSSR count). The number of aliphatic hydroxyl groups is 1. The third-order valence-electron chi connectivity index (χ3n) is 5.99. The van der Waals surface area contributed by atoms with Crippen molar-refractivity contribution < 1.29 is 9.90 Å². The van der Waals surface area contributed by atoms with Crippen molar-refractivity contribution in [2.75, 3.05) is 6.54 Å². The molecular weight excluding hydrogens is 392 g/mol. The minimum atomic E-state index is -0.846. The van der Waals surface area contributed by atoms with Crippen molar-refractivity contribution >= 4 is 21.8 Å². The number of nitrogens with zero attached hydrogens (tertiary/aromatic N) is 2. The first kappa shape index (κ1) is 17.7. The molecule has 1 N–H and O–H groups in total. The number of benzene rings is 1. The summed E-state index contributed by atoms with van der Waals surface area (Å²) < 4.78 is 0.724. The van der Waals surface area contributed by atoms with Crippen LogP contribution in [0, 0.1) is 5.92 Å². The highest BCUT2D eigenvalue weighted by Gasteiger charge is 2.50. The number of rotatable bonds is 2. The maximum atomic E-state index is 13.1. The van der Waals surface area contributed by atoms with Gasteiger partial charge >= 0.3 is 0 Å². The summed E-state index contributed by atoms with van der Waals surface area (Å²) in [5.74, 6) is 0.108. The van der Waals surface area contributed by atoms with E-state index in [0.717, 1.165) is 35.8 Å². The van der Waals surface area contributed by atoms with E-state index in [1.165, 1.54) is 0 Å². The summed E-state index contributed by atoms with van der Waals surface area (Å²) in [4.78, 5) is 19.3. The lowest BCUT2D eigenvalue weighted by molar-refractivity contribution is -0.110. The van der Waals surface area contributed by atoms with Crippen LogP contribution in [0.2, 0.25) is 0 Å². The predicted molar refractivity (Wildman–Crippen MR) is 104 cm³/mol. The summed E-state index contributed by atoms with van der Waals surface area (Å²) in [6.45, 7) is 0.571. The van der Waals surface area contributed by atoms with Crippen LogP contribution < -0.4 is 0 Å². The molecule has 0 spiro atoms. The number of amides is 1. The highest BCUT2D eigenvalue weighted by Crippen LogP contribution is 2.47. The van der Waals surface area contributed by atoms with Gasteiger partial charge in [0.05, 0.1) is 11.2 Å². The number of halogens is 1. The molecule has 1 aromatic carbocycles. The third kappa shape index (κ3) is 3.08. The average molecular weight is 415 g/mol. The Balaban J connectivity index is 1.64. The standard InChI is InChI=1S/C21H23BrN2O2/c22-19-11-10-15(14-23-19)20(25)24-13-12-21(26,16-6-2-1-3-7-16)17-8-4-5-9-18(17)24/h1-3,6-7,10-11,14,17-18,26H,4-5,8-9,12-13H2/t17-,18?,21-/m1/s1. The molecule has 1 aliphatic carbocycles. The second-order valence-corrected chi connectivity index (χ2v) is 8.18. The zero-order valence-electron chi connectivity index (χ0n) is 14.6. The molecule has 1 saturated carbocycles. The molecule has 0 bridgehead atoms. The molecule has 1 saturated heterocycles. The number of carbonyl (C=O) groups excluding carboxylic acids is 1. The number of aromatic nitrogens is 1. The van der Waals surface area contributed by atoms with E-state index in [1.54, 1.807) is 12.3 Å². The van der Waals surface area contributed by atoms with Gasteiger partial charge in [-0.25, -0.2) is 4.98 Å². The average Bonchev–Trinajstić information content (AvgIpc) is 2.69. The topological polar surface area (TPSA) is 53.4 Å². The van der Waals surface area contributed by atoms with Crippen molar-refractivity contribution in [2.24, 2.45) is 5.92 Å². The van der Waals surface area contributed by atoms with Gasteiger partial charge in [0.15, 0.2) is 0 Å². The fourth-order valence-electron chi connectivity index (χ4n) is 4.69. The van der Waals surface area contributed by atoms with Crippen molar-refractivity contribution in [3.05, 3.63) is 64.4 Å². The Hall–Kier alpha value is -1.72. The van der Waals surface area contributed by atoms with Crippen LogP contribution in [0.3, 0.4) is 0 Å². The normalized spacial score (nSPS) is 28.5. The maximum absolute atomic E-state index is 13.1. The lowest BCUT2D eigenvalue weighted by Crippen LogP contribution is -2.59.